The van der Waals surface area contributed by atoms with Crippen LogP contribution in [-0.4, -0.2) is 48.0 Å². The number of nitrogens with zero attached hydrogens (tertiary/aromatic N) is 2. The second-order valence-electron chi connectivity index (χ2n) is 13.2. The van der Waals surface area contributed by atoms with Gasteiger partial charge in [0.25, 0.3) is 0 Å². The normalized spacial score (nSPS) is 15.8. The Bertz CT molecular complexity index is 1420. The summed E-state index contributed by atoms with van der Waals surface area (Å²) in [4.78, 5) is 20.7. The van der Waals surface area contributed by atoms with E-state index in [1.807, 2.05) is 72.7 Å². The molecule has 2 heterocycles. The van der Waals surface area contributed by atoms with Crippen molar-refractivity contribution in [3.63, 3.8) is 0 Å². The van der Waals surface area contributed by atoms with E-state index in [0.717, 1.165) is 28.1 Å². The number of hydrogen-bond acceptors (Lipinski definition) is 6. The lowest BCUT2D eigenvalue weighted by Gasteiger charge is -2.39. The van der Waals surface area contributed by atoms with Crippen LogP contribution < -0.4 is 9.64 Å². The predicted octanol–water partition coefficient (Wildman–Crippen LogP) is 8.26. The van der Waals surface area contributed by atoms with Crippen molar-refractivity contribution in [2.24, 2.45) is 0 Å². The third-order valence-electron chi connectivity index (χ3n) is 7.72. The molecule has 3 aromatic rings. The van der Waals surface area contributed by atoms with Crippen molar-refractivity contribution in [1.29, 1.82) is 0 Å². The number of carbonyl (C=O) groups excluding carboxylic acids is 1. The Morgan fingerprint density at radius 1 is 1.00 bits per heavy atom. The standard InChI is InChI=1S/C36H46F2N2O4/c1-23(2)43-34(41)33(44-35(5,6)7)31-25(4)39-24(3)30(32(31)40-20-18-36(8,38)19-21-40)27-11-15-29(16-12-27)42-22-17-26-9-13-28(37)14-10-26/h9-16,23,33H,17-22H2,1-8H3. The van der Waals surface area contributed by atoms with E-state index in [1.165, 1.54) is 12.1 Å². The molecule has 1 saturated heterocycles. The lowest BCUT2D eigenvalue weighted by atomic mass is 9.90. The average molecular weight is 609 g/mol. The summed E-state index contributed by atoms with van der Waals surface area (Å²) in [7, 11) is 0. The third-order valence-corrected chi connectivity index (χ3v) is 7.72. The molecule has 0 amide bonds. The topological polar surface area (TPSA) is 60.9 Å². The maximum atomic E-state index is 15.0. The van der Waals surface area contributed by atoms with E-state index in [4.69, 9.17) is 19.2 Å². The fourth-order valence-electron chi connectivity index (χ4n) is 5.56. The van der Waals surface area contributed by atoms with E-state index in [1.54, 1.807) is 19.1 Å². The third kappa shape index (κ3) is 8.56. The number of aryl methyl sites for hydroxylation is 2. The molecule has 4 rings (SSSR count). The molecule has 44 heavy (non-hydrogen) atoms. The molecule has 6 nitrogen and oxygen atoms in total. The van der Waals surface area contributed by atoms with Crippen molar-refractivity contribution in [2.45, 2.75) is 98.1 Å². The van der Waals surface area contributed by atoms with Gasteiger partial charge in [-0.1, -0.05) is 24.3 Å². The second kappa shape index (κ2) is 13.6. The average Bonchev–Trinajstić information content (AvgIpc) is 2.92. The largest absolute Gasteiger partial charge is 0.493 e. The molecule has 2 aromatic carbocycles. The van der Waals surface area contributed by atoms with Crippen molar-refractivity contribution < 1.29 is 27.8 Å². The van der Waals surface area contributed by atoms with Crippen LogP contribution in [0.25, 0.3) is 11.1 Å². The number of hydrogen-bond donors (Lipinski definition) is 0. The quantitative estimate of drug-likeness (QED) is 0.216. The molecule has 0 N–H and O–H groups in total. The van der Waals surface area contributed by atoms with E-state index < -0.39 is 23.3 Å². The molecule has 1 fully saturated rings. The first kappa shape index (κ1) is 33.4. The first-order valence-electron chi connectivity index (χ1n) is 15.4. The number of esters is 1. The van der Waals surface area contributed by atoms with Gasteiger partial charge in [0.2, 0.25) is 0 Å². The molecule has 238 valence electrons. The fraction of sp³-hybridized carbons (Fsp3) is 0.500. The second-order valence-corrected chi connectivity index (χ2v) is 13.2. The summed E-state index contributed by atoms with van der Waals surface area (Å²) in [6, 6.07) is 14.2. The summed E-state index contributed by atoms with van der Waals surface area (Å²) in [6.45, 7) is 16.3. The van der Waals surface area contributed by atoms with E-state index in [9.17, 15) is 13.6 Å². The number of alkyl halides is 1. The number of pyridine rings is 1. The Kier molecular flexibility index (Phi) is 10.3. The fourth-order valence-corrected chi connectivity index (χ4v) is 5.56. The molecule has 0 saturated carbocycles. The van der Waals surface area contributed by atoms with E-state index in [2.05, 4.69) is 4.90 Å². The minimum atomic E-state index is -1.25. The molecule has 0 radical (unpaired) electrons. The van der Waals surface area contributed by atoms with Crippen molar-refractivity contribution in [3.8, 4) is 16.9 Å². The molecule has 1 atom stereocenters. The number of anilines is 1. The molecule has 0 spiro atoms. The molecular weight excluding hydrogens is 562 g/mol. The monoisotopic (exact) mass is 608 g/mol. The SMILES string of the molecule is Cc1nc(C)c(C(OC(C)(C)C)C(=O)OC(C)C)c(N2CCC(C)(F)CC2)c1-c1ccc(OCCc2ccc(F)cc2)cc1. The first-order chi connectivity index (χ1) is 20.6. The van der Waals surface area contributed by atoms with E-state index in [0.29, 0.717) is 56.0 Å². The number of carbonyl (C=O) groups is 1. The number of benzene rings is 2. The highest BCUT2D eigenvalue weighted by Gasteiger charge is 2.38. The van der Waals surface area contributed by atoms with E-state index >= 15 is 0 Å². The Morgan fingerprint density at radius 2 is 1.61 bits per heavy atom. The van der Waals surface area contributed by atoms with Gasteiger partial charge in [0, 0.05) is 42.0 Å². The number of ether oxygens (including phenoxy) is 3. The summed E-state index contributed by atoms with van der Waals surface area (Å²) < 4.78 is 46.3. The zero-order chi connectivity index (χ0) is 32.2. The van der Waals surface area contributed by atoms with Crippen molar-refractivity contribution >= 4 is 11.7 Å². The Hall–Kier alpha value is -3.52. The highest BCUT2D eigenvalue weighted by molar-refractivity contribution is 5.88. The van der Waals surface area contributed by atoms with Crippen LogP contribution in [0.1, 0.15) is 83.0 Å². The van der Waals surface area contributed by atoms with Crippen molar-refractivity contribution in [2.75, 3.05) is 24.6 Å². The van der Waals surface area contributed by atoms with Crippen LogP contribution >= 0.6 is 0 Å². The van der Waals surface area contributed by atoms with Gasteiger partial charge in [-0.3, -0.25) is 4.98 Å². The summed E-state index contributed by atoms with van der Waals surface area (Å²) >= 11 is 0. The van der Waals surface area contributed by atoms with Gasteiger partial charge in [0.05, 0.1) is 24.0 Å². The van der Waals surface area contributed by atoms with Gasteiger partial charge in [0.1, 0.15) is 17.2 Å². The molecule has 1 aliphatic heterocycles. The zero-order valence-electron chi connectivity index (χ0n) is 27.3. The molecule has 1 unspecified atom stereocenters. The number of halogens is 2. The summed E-state index contributed by atoms with van der Waals surface area (Å²) in [5.74, 6) is -0.0332. The van der Waals surface area contributed by atoms with Crippen LogP contribution in [0, 0.1) is 19.7 Å². The lowest BCUT2D eigenvalue weighted by Crippen LogP contribution is -2.41. The van der Waals surface area contributed by atoms with Crippen LogP contribution in [0.5, 0.6) is 5.75 Å². The molecule has 1 aliphatic rings. The molecule has 0 bridgehead atoms. The molecule has 8 heteroatoms. The van der Waals surface area contributed by atoms with Crippen LogP contribution in [0.4, 0.5) is 14.5 Å². The summed E-state index contributed by atoms with van der Waals surface area (Å²) in [5.41, 5.74) is 3.80. The Labute approximate surface area is 260 Å². The summed E-state index contributed by atoms with van der Waals surface area (Å²) in [5, 5.41) is 0. The Balaban J connectivity index is 1.75. The maximum Gasteiger partial charge on any atom is 0.340 e. The van der Waals surface area contributed by atoms with Gasteiger partial charge in [0.15, 0.2) is 6.10 Å². The van der Waals surface area contributed by atoms with Gasteiger partial charge in [-0.25, -0.2) is 13.6 Å². The maximum absolute atomic E-state index is 15.0. The Morgan fingerprint density at radius 3 is 2.18 bits per heavy atom. The number of aromatic nitrogens is 1. The van der Waals surface area contributed by atoms with Gasteiger partial charge in [-0.2, -0.15) is 0 Å². The van der Waals surface area contributed by atoms with Gasteiger partial charge >= 0.3 is 5.97 Å². The van der Waals surface area contributed by atoms with Gasteiger partial charge < -0.3 is 19.1 Å². The summed E-state index contributed by atoms with van der Waals surface area (Å²) in [6.07, 6.45) is 0.0450. The minimum absolute atomic E-state index is 0.259. The van der Waals surface area contributed by atoms with Gasteiger partial charge in [-0.05, 0) is 104 Å². The highest BCUT2D eigenvalue weighted by Crippen LogP contribution is 2.44. The predicted molar refractivity (Wildman–Crippen MR) is 171 cm³/mol. The van der Waals surface area contributed by atoms with Gasteiger partial charge in [-0.15, -0.1) is 0 Å². The van der Waals surface area contributed by atoms with Crippen LogP contribution in [0.2, 0.25) is 0 Å². The first-order valence-corrected chi connectivity index (χ1v) is 15.4. The number of piperidine rings is 1. The highest BCUT2D eigenvalue weighted by atomic mass is 19.1. The van der Waals surface area contributed by atoms with Crippen LogP contribution in [0.15, 0.2) is 48.5 Å². The molecule has 1 aromatic heterocycles. The van der Waals surface area contributed by atoms with E-state index in [-0.39, 0.29) is 11.9 Å². The minimum Gasteiger partial charge on any atom is -0.493 e. The molecular formula is C36H46F2N2O4. The van der Waals surface area contributed by atoms with Crippen LogP contribution in [0.3, 0.4) is 0 Å². The number of rotatable bonds is 10. The molecule has 0 aliphatic carbocycles. The smallest absolute Gasteiger partial charge is 0.340 e. The van der Waals surface area contributed by atoms with Crippen molar-refractivity contribution in [1.82, 2.24) is 4.98 Å². The van der Waals surface area contributed by atoms with Crippen LogP contribution in [-0.2, 0) is 20.7 Å². The zero-order valence-corrected chi connectivity index (χ0v) is 27.3. The van der Waals surface area contributed by atoms with Crippen molar-refractivity contribution in [3.05, 3.63) is 76.9 Å². The lowest BCUT2D eigenvalue weighted by molar-refractivity contribution is -0.171.